The van der Waals surface area contributed by atoms with E-state index in [-0.39, 0.29) is 11.2 Å². The molecule has 6 heteroatoms. The van der Waals surface area contributed by atoms with Gasteiger partial charge in [-0.3, -0.25) is 4.79 Å². The van der Waals surface area contributed by atoms with E-state index in [0.717, 1.165) is 0 Å². The number of hydrogen-bond acceptors (Lipinski definition) is 4. The van der Waals surface area contributed by atoms with Crippen LogP contribution in [0.3, 0.4) is 0 Å². The van der Waals surface area contributed by atoms with Crippen molar-refractivity contribution >= 4 is 29.3 Å². The number of fused-ring (bicyclic) bond motifs is 1. The molecule has 0 saturated heterocycles. The Morgan fingerprint density at radius 2 is 2.58 bits per heavy atom. The van der Waals surface area contributed by atoms with E-state index in [1.165, 1.54) is 22.8 Å². The minimum atomic E-state index is -0.0845. The molecule has 4 nitrogen and oxygen atoms in total. The van der Waals surface area contributed by atoms with E-state index < -0.39 is 0 Å². The van der Waals surface area contributed by atoms with Crippen molar-refractivity contribution in [3.8, 4) is 0 Å². The average Bonchev–Trinajstić information content (AvgIpc) is 2.58. The molecular formula is C6H6ClN3OS. The number of rotatable bonds is 2. The van der Waals surface area contributed by atoms with Crippen molar-refractivity contribution in [1.29, 1.82) is 0 Å². The van der Waals surface area contributed by atoms with Crippen LogP contribution in [0.1, 0.15) is 11.2 Å². The molecule has 1 atom stereocenters. The lowest BCUT2D eigenvalue weighted by atomic mass is 10.3. The second kappa shape index (κ2) is 3.06. The molecule has 0 amide bonds. The van der Waals surface area contributed by atoms with E-state index in [1.54, 1.807) is 0 Å². The molecule has 0 fully saturated rings. The van der Waals surface area contributed by atoms with E-state index in [9.17, 15) is 4.79 Å². The van der Waals surface area contributed by atoms with Gasteiger partial charge in [0.2, 0.25) is 0 Å². The molecule has 0 N–H and O–H groups in total. The largest absolute Gasteiger partial charge is 0.271 e. The Labute approximate surface area is 78.3 Å². The number of thioether (sulfide) groups is 1. The Balaban J connectivity index is 2.21. The number of hydrogen-bond donors (Lipinski definition) is 0. The van der Waals surface area contributed by atoms with Crippen LogP contribution in [0.2, 0.25) is 0 Å². The molecule has 1 aliphatic heterocycles. The quantitative estimate of drug-likeness (QED) is 0.674. The van der Waals surface area contributed by atoms with Crippen LogP contribution in [-0.4, -0.2) is 31.8 Å². The summed E-state index contributed by atoms with van der Waals surface area (Å²) in [5, 5.41) is 4.39. The third-order valence-corrected chi connectivity index (χ3v) is 3.05. The Kier molecular flexibility index (Phi) is 2.06. The van der Waals surface area contributed by atoms with E-state index in [2.05, 4.69) is 10.1 Å². The lowest BCUT2D eigenvalue weighted by molar-refractivity contribution is 0.0892. The van der Waals surface area contributed by atoms with E-state index in [1.807, 2.05) is 0 Å². The monoisotopic (exact) mass is 203 g/mol. The first kappa shape index (κ1) is 8.07. The van der Waals surface area contributed by atoms with Gasteiger partial charge in [-0.05, 0) is 6.42 Å². The molecular weight excluding hydrogens is 198 g/mol. The second-order valence-corrected chi connectivity index (χ2v) is 3.92. The van der Waals surface area contributed by atoms with E-state index >= 15 is 0 Å². The Hall–Kier alpha value is -0.550. The SMILES string of the molecule is O=C1C(CCCl)Sc2ncnn21. The first-order valence-electron chi connectivity index (χ1n) is 3.50. The molecule has 1 aromatic rings. The maximum Gasteiger partial charge on any atom is 0.262 e. The van der Waals surface area contributed by atoms with Gasteiger partial charge < -0.3 is 0 Å². The zero-order chi connectivity index (χ0) is 8.55. The molecule has 0 bridgehead atoms. The van der Waals surface area contributed by atoms with Crippen molar-refractivity contribution < 1.29 is 4.79 Å². The van der Waals surface area contributed by atoms with Gasteiger partial charge in [-0.2, -0.15) is 9.78 Å². The molecule has 0 saturated carbocycles. The second-order valence-electron chi connectivity index (χ2n) is 2.38. The van der Waals surface area contributed by atoms with E-state index in [0.29, 0.717) is 17.5 Å². The van der Waals surface area contributed by atoms with Crippen LogP contribution in [0.15, 0.2) is 11.5 Å². The van der Waals surface area contributed by atoms with Crippen LogP contribution in [0.5, 0.6) is 0 Å². The van der Waals surface area contributed by atoms with Crippen LogP contribution in [0.4, 0.5) is 0 Å². The summed E-state index contributed by atoms with van der Waals surface area (Å²) in [6.07, 6.45) is 2.06. The number of aromatic nitrogens is 3. The molecule has 0 aromatic carbocycles. The molecule has 64 valence electrons. The summed E-state index contributed by atoms with van der Waals surface area (Å²) in [4.78, 5) is 15.4. The minimum Gasteiger partial charge on any atom is -0.271 e. The first-order chi connectivity index (χ1) is 5.83. The van der Waals surface area contributed by atoms with Gasteiger partial charge in [-0.25, -0.2) is 4.98 Å². The van der Waals surface area contributed by atoms with Crippen molar-refractivity contribution in [2.45, 2.75) is 16.8 Å². The highest BCUT2D eigenvalue weighted by molar-refractivity contribution is 8.00. The van der Waals surface area contributed by atoms with Crippen LogP contribution in [0, 0.1) is 0 Å². The Bertz CT molecular complexity index is 313. The lowest BCUT2D eigenvalue weighted by Crippen LogP contribution is -2.18. The van der Waals surface area contributed by atoms with Crippen molar-refractivity contribution in [3.05, 3.63) is 6.33 Å². The fraction of sp³-hybridized carbons (Fsp3) is 0.500. The van der Waals surface area contributed by atoms with Crippen LogP contribution >= 0.6 is 23.4 Å². The molecule has 2 rings (SSSR count). The summed E-state index contributed by atoms with van der Waals surface area (Å²) in [6.45, 7) is 0. The third kappa shape index (κ3) is 1.13. The number of carbonyl (C=O) groups is 1. The van der Waals surface area contributed by atoms with Gasteiger partial charge in [0, 0.05) is 5.88 Å². The fourth-order valence-corrected chi connectivity index (χ4v) is 2.44. The first-order valence-corrected chi connectivity index (χ1v) is 4.91. The highest BCUT2D eigenvalue weighted by atomic mass is 35.5. The number of carbonyl (C=O) groups excluding carboxylic acids is 1. The van der Waals surface area contributed by atoms with Gasteiger partial charge in [-0.1, -0.05) is 11.8 Å². The predicted octanol–water partition coefficient (Wildman–Crippen LogP) is 1.02. The smallest absolute Gasteiger partial charge is 0.262 e. The minimum absolute atomic E-state index is 0.00634. The fourth-order valence-electron chi connectivity index (χ4n) is 1.06. The Morgan fingerprint density at radius 3 is 3.25 bits per heavy atom. The summed E-state index contributed by atoms with van der Waals surface area (Å²) in [7, 11) is 0. The normalized spacial score (nSPS) is 21.4. The van der Waals surface area contributed by atoms with Gasteiger partial charge in [0.05, 0.1) is 5.25 Å². The summed E-state index contributed by atoms with van der Waals surface area (Å²) >= 11 is 6.97. The van der Waals surface area contributed by atoms with Crippen LogP contribution in [0.25, 0.3) is 0 Å². The number of nitrogens with zero attached hydrogens (tertiary/aromatic N) is 3. The van der Waals surface area contributed by atoms with Gasteiger partial charge in [0.15, 0.2) is 5.16 Å². The molecule has 1 aliphatic rings. The lowest BCUT2D eigenvalue weighted by Gasteiger charge is -2.00. The molecule has 0 aliphatic carbocycles. The average molecular weight is 204 g/mol. The van der Waals surface area contributed by atoms with Crippen molar-refractivity contribution in [2.75, 3.05) is 5.88 Å². The summed E-state index contributed by atoms with van der Waals surface area (Å²) in [5.41, 5.74) is 0. The predicted molar refractivity (Wildman–Crippen MR) is 45.6 cm³/mol. The summed E-state index contributed by atoms with van der Waals surface area (Å²) in [6, 6.07) is 0. The molecule has 12 heavy (non-hydrogen) atoms. The number of alkyl halides is 1. The van der Waals surface area contributed by atoms with Gasteiger partial charge >= 0.3 is 0 Å². The third-order valence-electron chi connectivity index (χ3n) is 1.62. The van der Waals surface area contributed by atoms with Crippen LogP contribution in [-0.2, 0) is 0 Å². The zero-order valence-corrected chi connectivity index (χ0v) is 7.68. The highest BCUT2D eigenvalue weighted by Crippen LogP contribution is 2.31. The molecule has 1 unspecified atom stereocenters. The number of halogens is 1. The van der Waals surface area contributed by atoms with Gasteiger partial charge in [-0.15, -0.1) is 11.6 Å². The maximum atomic E-state index is 11.4. The molecule has 2 heterocycles. The molecule has 0 radical (unpaired) electrons. The van der Waals surface area contributed by atoms with E-state index in [4.69, 9.17) is 11.6 Å². The summed E-state index contributed by atoms with van der Waals surface area (Å²) in [5.74, 6) is 0.488. The zero-order valence-electron chi connectivity index (χ0n) is 6.11. The molecule has 0 spiro atoms. The van der Waals surface area contributed by atoms with Gasteiger partial charge in [0.25, 0.3) is 5.91 Å². The van der Waals surface area contributed by atoms with Crippen molar-refractivity contribution in [2.24, 2.45) is 0 Å². The topological polar surface area (TPSA) is 47.8 Å². The summed E-state index contributed by atoms with van der Waals surface area (Å²) < 4.78 is 1.34. The maximum absolute atomic E-state index is 11.4. The van der Waals surface area contributed by atoms with Crippen molar-refractivity contribution in [1.82, 2.24) is 14.8 Å². The highest BCUT2D eigenvalue weighted by Gasteiger charge is 2.32. The van der Waals surface area contributed by atoms with Crippen molar-refractivity contribution in [3.63, 3.8) is 0 Å². The standard InChI is InChI=1S/C6H6ClN3OS/c7-2-1-4-5(11)10-6(12-4)8-3-9-10/h3-4H,1-2H2. The van der Waals surface area contributed by atoms with Crippen LogP contribution < -0.4 is 0 Å². The Morgan fingerprint density at radius 1 is 1.75 bits per heavy atom. The molecule has 1 aromatic heterocycles. The van der Waals surface area contributed by atoms with Gasteiger partial charge in [0.1, 0.15) is 6.33 Å².